The molecule has 0 heterocycles. The number of nitriles is 1. The molecule has 0 fully saturated rings. The molecular formula is C16H10FNO. The maximum absolute atomic E-state index is 13.4. The van der Waals surface area contributed by atoms with E-state index in [0.29, 0.717) is 11.1 Å². The van der Waals surface area contributed by atoms with Crippen molar-refractivity contribution < 1.29 is 9.13 Å². The molecule has 0 aliphatic carbocycles. The first kappa shape index (κ1) is 12.7. The van der Waals surface area contributed by atoms with Crippen LogP contribution in [0.15, 0.2) is 42.5 Å². The molecule has 0 unspecified atom stereocenters. The second-order valence-corrected chi connectivity index (χ2v) is 3.79. The lowest BCUT2D eigenvalue weighted by molar-refractivity contribution is 0.386. The summed E-state index contributed by atoms with van der Waals surface area (Å²) in [5.41, 5.74) is 1.93. The Bertz CT molecular complexity index is 687. The van der Waals surface area contributed by atoms with Crippen molar-refractivity contribution in [2.75, 3.05) is 7.11 Å². The molecule has 2 rings (SSSR count). The summed E-state index contributed by atoms with van der Waals surface area (Å²) in [5, 5.41) is 8.68. The number of hydrogen-bond acceptors (Lipinski definition) is 2. The molecule has 0 aliphatic rings. The molecule has 0 spiro atoms. The van der Waals surface area contributed by atoms with Crippen LogP contribution in [0.1, 0.15) is 16.7 Å². The first-order chi connectivity index (χ1) is 9.22. The first-order valence-electron chi connectivity index (χ1n) is 5.58. The summed E-state index contributed by atoms with van der Waals surface area (Å²) < 4.78 is 18.3. The number of halogens is 1. The second kappa shape index (κ2) is 5.71. The van der Waals surface area contributed by atoms with E-state index < -0.39 is 5.82 Å². The van der Waals surface area contributed by atoms with Gasteiger partial charge in [-0.25, -0.2) is 4.39 Å². The Morgan fingerprint density at radius 3 is 2.11 bits per heavy atom. The van der Waals surface area contributed by atoms with Crippen LogP contribution in [0.25, 0.3) is 0 Å². The molecule has 3 heteroatoms. The number of benzene rings is 2. The molecule has 2 nitrogen and oxygen atoms in total. The summed E-state index contributed by atoms with van der Waals surface area (Å²) in [5.74, 6) is 5.53. The van der Waals surface area contributed by atoms with Crippen molar-refractivity contribution in [3.63, 3.8) is 0 Å². The average molecular weight is 251 g/mol. The van der Waals surface area contributed by atoms with Gasteiger partial charge in [0, 0.05) is 11.1 Å². The van der Waals surface area contributed by atoms with Gasteiger partial charge in [0.2, 0.25) is 0 Å². The third-order valence-corrected chi connectivity index (χ3v) is 2.52. The SMILES string of the molecule is COc1ccc(C#Cc2ccc(C#N)cc2)cc1F. The summed E-state index contributed by atoms with van der Waals surface area (Å²) in [6.45, 7) is 0. The van der Waals surface area contributed by atoms with Gasteiger partial charge in [-0.2, -0.15) is 5.26 Å². The predicted octanol–water partition coefficient (Wildman–Crippen LogP) is 3.11. The molecule has 0 bridgehead atoms. The Morgan fingerprint density at radius 1 is 0.947 bits per heavy atom. The maximum Gasteiger partial charge on any atom is 0.166 e. The van der Waals surface area contributed by atoms with E-state index in [4.69, 9.17) is 10.00 Å². The number of hydrogen-bond donors (Lipinski definition) is 0. The van der Waals surface area contributed by atoms with Gasteiger partial charge in [-0.3, -0.25) is 0 Å². The second-order valence-electron chi connectivity index (χ2n) is 3.79. The van der Waals surface area contributed by atoms with Crippen molar-refractivity contribution in [1.29, 1.82) is 5.26 Å². The highest BCUT2D eigenvalue weighted by Gasteiger charge is 2.01. The quantitative estimate of drug-likeness (QED) is 0.729. The third kappa shape index (κ3) is 3.12. The highest BCUT2D eigenvalue weighted by atomic mass is 19.1. The molecule has 0 saturated carbocycles. The molecule has 92 valence electrons. The average Bonchev–Trinajstić information content (AvgIpc) is 2.46. The highest BCUT2D eigenvalue weighted by Crippen LogP contribution is 2.17. The minimum Gasteiger partial charge on any atom is -0.494 e. The minimum atomic E-state index is -0.436. The number of ether oxygens (including phenoxy) is 1. The van der Waals surface area contributed by atoms with Crippen LogP contribution >= 0.6 is 0 Å². The van der Waals surface area contributed by atoms with Crippen LogP contribution in [0.5, 0.6) is 5.75 Å². The predicted molar refractivity (Wildman–Crippen MR) is 70.1 cm³/mol. The van der Waals surface area contributed by atoms with Crippen molar-refractivity contribution in [2.24, 2.45) is 0 Å². The van der Waals surface area contributed by atoms with E-state index >= 15 is 0 Å². The first-order valence-corrected chi connectivity index (χ1v) is 5.58. The molecule has 0 aliphatic heterocycles. The molecule has 0 amide bonds. The Hall–Kier alpha value is -2.78. The molecule has 0 atom stereocenters. The zero-order valence-corrected chi connectivity index (χ0v) is 10.3. The fourth-order valence-corrected chi connectivity index (χ4v) is 1.52. The largest absolute Gasteiger partial charge is 0.494 e. The number of nitrogens with zero attached hydrogens (tertiary/aromatic N) is 1. The number of rotatable bonds is 1. The smallest absolute Gasteiger partial charge is 0.166 e. The van der Waals surface area contributed by atoms with Gasteiger partial charge in [-0.1, -0.05) is 11.8 Å². The van der Waals surface area contributed by atoms with E-state index in [1.54, 1.807) is 30.3 Å². The van der Waals surface area contributed by atoms with Crippen LogP contribution < -0.4 is 4.74 Å². The molecule has 0 N–H and O–H groups in total. The fourth-order valence-electron chi connectivity index (χ4n) is 1.52. The van der Waals surface area contributed by atoms with Crippen molar-refractivity contribution in [1.82, 2.24) is 0 Å². The van der Waals surface area contributed by atoms with Gasteiger partial charge in [0.1, 0.15) is 0 Å². The monoisotopic (exact) mass is 251 g/mol. The van der Waals surface area contributed by atoms with Gasteiger partial charge in [-0.15, -0.1) is 0 Å². The zero-order chi connectivity index (χ0) is 13.7. The van der Waals surface area contributed by atoms with Crippen molar-refractivity contribution in [3.8, 4) is 23.7 Å². The molecule has 0 radical (unpaired) electrons. The summed E-state index contributed by atoms with van der Waals surface area (Å²) >= 11 is 0. The molecule has 0 aromatic heterocycles. The van der Waals surface area contributed by atoms with Crippen molar-refractivity contribution in [3.05, 3.63) is 65.0 Å². The van der Waals surface area contributed by atoms with Crippen molar-refractivity contribution >= 4 is 0 Å². The highest BCUT2D eigenvalue weighted by molar-refractivity contribution is 5.46. The summed E-state index contributed by atoms with van der Waals surface area (Å²) in [7, 11) is 1.42. The lowest BCUT2D eigenvalue weighted by Crippen LogP contribution is -1.88. The summed E-state index contributed by atoms with van der Waals surface area (Å²) in [6, 6.07) is 13.5. The lowest BCUT2D eigenvalue weighted by Gasteiger charge is -2.00. The van der Waals surface area contributed by atoms with Crippen LogP contribution in [-0.2, 0) is 0 Å². The van der Waals surface area contributed by atoms with E-state index in [1.807, 2.05) is 6.07 Å². The molecular weight excluding hydrogens is 241 g/mol. The van der Waals surface area contributed by atoms with Gasteiger partial charge in [0.25, 0.3) is 0 Å². The topological polar surface area (TPSA) is 33.0 Å². The van der Waals surface area contributed by atoms with Crippen LogP contribution in [0.3, 0.4) is 0 Å². The molecule has 19 heavy (non-hydrogen) atoms. The van der Waals surface area contributed by atoms with E-state index in [1.165, 1.54) is 19.2 Å². The van der Waals surface area contributed by atoms with Crippen LogP contribution in [-0.4, -0.2) is 7.11 Å². The Balaban J connectivity index is 2.23. The van der Waals surface area contributed by atoms with E-state index in [9.17, 15) is 4.39 Å². The Morgan fingerprint density at radius 2 is 1.53 bits per heavy atom. The summed E-state index contributed by atoms with van der Waals surface area (Å²) in [6.07, 6.45) is 0. The third-order valence-electron chi connectivity index (χ3n) is 2.52. The van der Waals surface area contributed by atoms with Gasteiger partial charge < -0.3 is 4.74 Å². The van der Waals surface area contributed by atoms with Gasteiger partial charge in [-0.05, 0) is 42.5 Å². The standard InChI is InChI=1S/C16H10FNO/c1-19-16-9-8-13(10-15(16)17)5-2-12-3-6-14(11-18)7-4-12/h3-4,6-10H,1H3. The van der Waals surface area contributed by atoms with Gasteiger partial charge >= 0.3 is 0 Å². The van der Waals surface area contributed by atoms with Crippen LogP contribution in [0.2, 0.25) is 0 Å². The number of methoxy groups -OCH3 is 1. The molecule has 0 saturated heterocycles. The van der Waals surface area contributed by atoms with Crippen molar-refractivity contribution in [2.45, 2.75) is 0 Å². The molecule has 2 aromatic carbocycles. The van der Waals surface area contributed by atoms with E-state index in [0.717, 1.165) is 5.56 Å². The van der Waals surface area contributed by atoms with Crippen LogP contribution in [0.4, 0.5) is 4.39 Å². The van der Waals surface area contributed by atoms with E-state index in [-0.39, 0.29) is 5.75 Å². The lowest BCUT2D eigenvalue weighted by atomic mass is 10.1. The van der Waals surface area contributed by atoms with Gasteiger partial charge in [0.05, 0.1) is 18.7 Å². The van der Waals surface area contributed by atoms with E-state index in [2.05, 4.69) is 11.8 Å². The Kier molecular flexibility index (Phi) is 3.81. The molecule has 2 aromatic rings. The fraction of sp³-hybridized carbons (Fsp3) is 0.0625. The minimum absolute atomic E-state index is 0.198. The van der Waals surface area contributed by atoms with Gasteiger partial charge in [0.15, 0.2) is 11.6 Å². The van der Waals surface area contributed by atoms with Crippen LogP contribution in [0, 0.1) is 29.0 Å². The normalized spacial score (nSPS) is 9.11. The summed E-state index contributed by atoms with van der Waals surface area (Å²) in [4.78, 5) is 0. The zero-order valence-electron chi connectivity index (χ0n) is 10.3. The maximum atomic E-state index is 13.4. The Labute approximate surface area is 111 Å².